The second-order valence-electron chi connectivity index (χ2n) is 4.99. The first-order chi connectivity index (χ1) is 12.0. The molecule has 4 nitrogen and oxygen atoms in total. The summed E-state index contributed by atoms with van der Waals surface area (Å²) in [6.45, 7) is -0.368. The quantitative estimate of drug-likeness (QED) is 0.700. The normalized spacial score (nSPS) is 12.2. The molecule has 1 aromatic heterocycles. The number of aromatic nitrogens is 2. The van der Waals surface area contributed by atoms with Crippen LogP contribution in [0.4, 0.5) is 42.4 Å². The summed E-state index contributed by atoms with van der Waals surface area (Å²) in [5.74, 6) is -2.41. The molecular formula is C15H12F7N3O. The van der Waals surface area contributed by atoms with Gasteiger partial charge in [-0.05, 0) is 19.1 Å². The highest BCUT2D eigenvalue weighted by Gasteiger charge is 2.38. The monoisotopic (exact) mass is 383 g/mol. The number of benzene rings is 1. The zero-order valence-electron chi connectivity index (χ0n) is 13.2. The van der Waals surface area contributed by atoms with Gasteiger partial charge in [-0.25, -0.2) is 9.37 Å². The number of halogens is 7. The molecule has 0 atom stereocenters. The number of anilines is 2. The molecular weight excluding hydrogens is 371 g/mol. The van der Waals surface area contributed by atoms with Gasteiger partial charge in [0.2, 0.25) is 11.8 Å². The molecule has 0 aliphatic heterocycles. The molecule has 0 saturated carbocycles. The number of ether oxygens (including phenoxy) is 1. The first-order valence-corrected chi connectivity index (χ1v) is 7.18. The lowest BCUT2D eigenvalue weighted by Gasteiger charge is -2.23. The molecule has 0 unspecified atom stereocenters. The van der Waals surface area contributed by atoms with E-state index in [9.17, 15) is 30.7 Å². The lowest BCUT2D eigenvalue weighted by atomic mass is 10.2. The number of alkyl halides is 6. The maximum Gasteiger partial charge on any atom is 0.423 e. The fraction of sp³-hybridized carbons (Fsp3) is 0.333. The maximum atomic E-state index is 13.9. The average Bonchev–Trinajstić information content (AvgIpc) is 2.54. The van der Waals surface area contributed by atoms with Gasteiger partial charge in [0, 0.05) is 12.7 Å². The highest BCUT2D eigenvalue weighted by Crippen LogP contribution is 2.37. The van der Waals surface area contributed by atoms with E-state index in [0.29, 0.717) is 6.20 Å². The van der Waals surface area contributed by atoms with Crippen molar-refractivity contribution in [1.29, 1.82) is 0 Å². The van der Waals surface area contributed by atoms with Crippen molar-refractivity contribution in [2.75, 3.05) is 18.1 Å². The SMILES string of the molecule is CCN(c1ncc(C(F)(F)F)c(OCC(F)(F)F)n1)c1ccccc1F. The van der Waals surface area contributed by atoms with E-state index in [0.717, 1.165) is 11.0 Å². The van der Waals surface area contributed by atoms with Crippen molar-refractivity contribution in [1.82, 2.24) is 9.97 Å². The van der Waals surface area contributed by atoms with Crippen LogP contribution in [0.25, 0.3) is 0 Å². The van der Waals surface area contributed by atoms with Gasteiger partial charge in [-0.2, -0.15) is 31.3 Å². The Bertz CT molecular complexity index is 762. The molecule has 0 radical (unpaired) electrons. The minimum atomic E-state index is -5.02. The number of hydrogen-bond donors (Lipinski definition) is 0. The van der Waals surface area contributed by atoms with Crippen LogP contribution in [0.2, 0.25) is 0 Å². The van der Waals surface area contributed by atoms with Crippen LogP contribution >= 0.6 is 0 Å². The highest BCUT2D eigenvalue weighted by atomic mass is 19.4. The van der Waals surface area contributed by atoms with Crippen LogP contribution < -0.4 is 9.64 Å². The van der Waals surface area contributed by atoms with Crippen LogP contribution in [0.1, 0.15) is 12.5 Å². The zero-order chi connectivity index (χ0) is 19.5. The van der Waals surface area contributed by atoms with Crippen molar-refractivity contribution in [3.05, 3.63) is 41.8 Å². The van der Waals surface area contributed by atoms with E-state index in [-0.39, 0.29) is 12.2 Å². The summed E-state index contributed by atoms with van der Waals surface area (Å²) < 4.78 is 93.9. The summed E-state index contributed by atoms with van der Waals surface area (Å²) in [4.78, 5) is 8.05. The van der Waals surface area contributed by atoms with Crippen molar-refractivity contribution in [3.8, 4) is 5.88 Å². The van der Waals surface area contributed by atoms with Crippen LogP contribution in [0, 0.1) is 5.82 Å². The Kier molecular flexibility index (Phi) is 5.57. The molecule has 2 aromatic rings. The van der Waals surface area contributed by atoms with Gasteiger partial charge in [0.05, 0.1) is 5.69 Å². The third-order valence-corrected chi connectivity index (χ3v) is 3.12. The number of para-hydroxylation sites is 1. The Morgan fingerprint density at radius 3 is 2.27 bits per heavy atom. The van der Waals surface area contributed by atoms with Gasteiger partial charge in [0.1, 0.15) is 11.4 Å². The first kappa shape index (κ1) is 19.7. The maximum absolute atomic E-state index is 13.9. The molecule has 1 aromatic carbocycles. The summed E-state index contributed by atoms with van der Waals surface area (Å²) in [6.07, 6.45) is -9.57. The van der Waals surface area contributed by atoms with E-state index < -0.39 is 42.2 Å². The summed E-state index contributed by atoms with van der Waals surface area (Å²) in [7, 11) is 0. The Morgan fingerprint density at radius 2 is 1.73 bits per heavy atom. The predicted octanol–water partition coefficient (Wildman–Crippen LogP) is 4.73. The van der Waals surface area contributed by atoms with Gasteiger partial charge in [-0.1, -0.05) is 12.1 Å². The molecule has 142 valence electrons. The van der Waals surface area contributed by atoms with Gasteiger partial charge in [-0.3, -0.25) is 0 Å². The zero-order valence-corrected chi connectivity index (χ0v) is 13.2. The number of rotatable bonds is 5. The van der Waals surface area contributed by atoms with Crippen molar-refractivity contribution in [2.24, 2.45) is 0 Å². The molecule has 11 heteroatoms. The summed E-state index contributed by atoms with van der Waals surface area (Å²) >= 11 is 0. The second kappa shape index (κ2) is 7.34. The van der Waals surface area contributed by atoms with Crippen LogP contribution in [-0.4, -0.2) is 29.3 Å². The van der Waals surface area contributed by atoms with Crippen molar-refractivity contribution < 1.29 is 35.5 Å². The molecule has 0 saturated heterocycles. The average molecular weight is 383 g/mol. The molecule has 0 amide bonds. The summed E-state index contributed by atoms with van der Waals surface area (Å²) in [5.41, 5.74) is -1.60. The molecule has 0 bridgehead atoms. The Labute approximate surface area is 143 Å². The molecule has 26 heavy (non-hydrogen) atoms. The molecule has 1 heterocycles. The van der Waals surface area contributed by atoms with Gasteiger partial charge in [-0.15, -0.1) is 0 Å². The third-order valence-electron chi connectivity index (χ3n) is 3.12. The molecule has 0 aliphatic carbocycles. The van der Waals surface area contributed by atoms with E-state index in [1.54, 1.807) is 6.92 Å². The van der Waals surface area contributed by atoms with E-state index >= 15 is 0 Å². The topological polar surface area (TPSA) is 38.2 Å². The molecule has 2 rings (SSSR count). The third kappa shape index (κ3) is 4.73. The summed E-state index contributed by atoms with van der Waals surface area (Å²) in [6, 6.07) is 5.32. The lowest BCUT2D eigenvalue weighted by molar-refractivity contribution is -0.159. The fourth-order valence-corrected chi connectivity index (χ4v) is 2.03. The van der Waals surface area contributed by atoms with E-state index in [1.807, 2.05) is 0 Å². The second-order valence-corrected chi connectivity index (χ2v) is 4.99. The molecule has 0 spiro atoms. The minimum Gasteiger partial charge on any atom is -0.467 e. The van der Waals surface area contributed by atoms with Crippen molar-refractivity contribution >= 4 is 11.6 Å². The highest BCUT2D eigenvalue weighted by molar-refractivity contribution is 5.58. The minimum absolute atomic E-state index is 0.0449. The van der Waals surface area contributed by atoms with Crippen LogP contribution in [-0.2, 0) is 6.18 Å². The first-order valence-electron chi connectivity index (χ1n) is 7.18. The Morgan fingerprint density at radius 1 is 1.08 bits per heavy atom. The van der Waals surface area contributed by atoms with Crippen LogP contribution in [0.3, 0.4) is 0 Å². The number of hydrogen-bond acceptors (Lipinski definition) is 4. The molecule has 0 fully saturated rings. The van der Waals surface area contributed by atoms with Gasteiger partial charge < -0.3 is 9.64 Å². The predicted molar refractivity (Wildman–Crippen MR) is 77.7 cm³/mol. The summed E-state index contributed by atoms with van der Waals surface area (Å²) in [5, 5.41) is 0. The Balaban J connectivity index is 2.48. The fourth-order valence-electron chi connectivity index (χ4n) is 2.03. The van der Waals surface area contributed by atoms with Crippen molar-refractivity contribution in [3.63, 3.8) is 0 Å². The molecule has 0 N–H and O–H groups in total. The van der Waals surface area contributed by atoms with Crippen LogP contribution in [0.5, 0.6) is 5.88 Å². The Hall–Kier alpha value is -2.59. The van der Waals surface area contributed by atoms with Gasteiger partial charge >= 0.3 is 12.4 Å². The lowest BCUT2D eigenvalue weighted by Crippen LogP contribution is -2.24. The van der Waals surface area contributed by atoms with Gasteiger partial charge in [0.25, 0.3) is 0 Å². The molecule has 0 aliphatic rings. The van der Waals surface area contributed by atoms with Gasteiger partial charge in [0.15, 0.2) is 6.61 Å². The standard InChI is InChI=1S/C15H12F7N3O/c1-2-25(11-6-4-3-5-10(11)16)13-23-7-9(15(20,21)22)12(24-13)26-8-14(17,18)19/h3-7H,2,8H2,1H3. The largest absolute Gasteiger partial charge is 0.467 e. The van der Waals surface area contributed by atoms with Crippen LogP contribution in [0.15, 0.2) is 30.5 Å². The number of nitrogens with zero attached hydrogens (tertiary/aromatic N) is 3. The van der Waals surface area contributed by atoms with E-state index in [4.69, 9.17) is 0 Å². The smallest absolute Gasteiger partial charge is 0.423 e. The van der Waals surface area contributed by atoms with E-state index in [2.05, 4.69) is 14.7 Å². The van der Waals surface area contributed by atoms with Crippen molar-refractivity contribution in [2.45, 2.75) is 19.3 Å². The van der Waals surface area contributed by atoms with E-state index in [1.165, 1.54) is 18.2 Å².